The summed E-state index contributed by atoms with van der Waals surface area (Å²) >= 11 is 0. The Morgan fingerprint density at radius 3 is 2.07 bits per heavy atom. The van der Waals surface area contributed by atoms with Gasteiger partial charge in [0, 0.05) is 19.8 Å². The van der Waals surface area contributed by atoms with Crippen LogP contribution in [0.1, 0.15) is 25.3 Å². The molecule has 0 fully saturated rings. The van der Waals surface area contributed by atoms with Gasteiger partial charge in [0.15, 0.2) is 0 Å². The average molecular weight is 432 g/mol. The first-order valence-electron chi connectivity index (χ1n) is 8.23. The second-order valence-corrected chi connectivity index (χ2v) is 7.18. The smallest absolute Gasteiger partial charge is 0.481 e. The molecule has 12 nitrogen and oxygen atoms in total. The van der Waals surface area contributed by atoms with E-state index >= 15 is 0 Å². The van der Waals surface area contributed by atoms with Crippen molar-refractivity contribution in [2.45, 2.75) is 38.3 Å². The van der Waals surface area contributed by atoms with Gasteiger partial charge in [-0.1, -0.05) is 12.1 Å². The molecule has 0 saturated heterocycles. The maximum Gasteiger partial charge on any atom is 0.524 e. The second-order valence-electron chi connectivity index (χ2n) is 6.01. The molecule has 0 radical (unpaired) electrons. The number of phosphoric acid groups is 1. The first kappa shape index (κ1) is 24.1. The van der Waals surface area contributed by atoms with Crippen LogP contribution in [0.4, 0.5) is 0 Å². The lowest BCUT2D eigenvalue weighted by Gasteiger charge is -2.21. The van der Waals surface area contributed by atoms with Gasteiger partial charge < -0.3 is 25.4 Å². The van der Waals surface area contributed by atoms with Gasteiger partial charge in [0.2, 0.25) is 11.8 Å². The molecule has 0 bridgehead atoms. The van der Waals surface area contributed by atoms with E-state index in [2.05, 4.69) is 15.2 Å². The van der Waals surface area contributed by atoms with Gasteiger partial charge in [-0.25, -0.2) is 9.36 Å². The number of hydrogen-bond acceptors (Lipinski definition) is 6. The summed E-state index contributed by atoms with van der Waals surface area (Å²) in [5, 5.41) is 22.4. The molecule has 1 aromatic carbocycles. The number of carboxylic acid groups (broad SMARTS) is 2. The number of carbonyl (C=O) groups is 4. The van der Waals surface area contributed by atoms with E-state index < -0.39 is 50.1 Å². The second kappa shape index (κ2) is 10.6. The first-order valence-corrected chi connectivity index (χ1v) is 9.76. The Bertz CT molecular complexity index is 804. The van der Waals surface area contributed by atoms with Crippen LogP contribution in [-0.4, -0.2) is 55.8 Å². The lowest BCUT2D eigenvalue weighted by atomic mass is 10.0. The molecule has 6 N–H and O–H groups in total. The zero-order valence-corrected chi connectivity index (χ0v) is 16.2. The van der Waals surface area contributed by atoms with Gasteiger partial charge in [-0.15, -0.1) is 0 Å². The molecule has 0 heterocycles. The van der Waals surface area contributed by atoms with E-state index in [0.29, 0.717) is 5.56 Å². The fourth-order valence-electron chi connectivity index (χ4n) is 2.31. The first-order chi connectivity index (χ1) is 13.4. The number of carboxylic acids is 2. The van der Waals surface area contributed by atoms with Crippen molar-refractivity contribution < 1.29 is 48.3 Å². The minimum atomic E-state index is -4.72. The molecule has 0 spiro atoms. The number of phosphoric ester groups is 1. The maximum atomic E-state index is 12.4. The molecule has 1 aromatic rings. The van der Waals surface area contributed by atoms with Gasteiger partial charge >= 0.3 is 19.8 Å². The minimum absolute atomic E-state index is 0.0626. The highest BCUT2D eigenvalue weighted by Crippen LogP contribution is 2.37. The molecule has 160 valence electrons. The molecular weight excluding hydrogens is 411 g/mol. The molecule has 1 rings (SSSR count). The van der Waals surface area contributed by atoms with E-state index in [1.807, 2.05) is 0 Å². The molecular formula is C16H21N2O10P. The topological polar surface area (TPSA) is 200 Å². The van der Waals surface area contributed by atoms with E-state index in [-0.39, 0.29) is 18.6 Å². The van der Waals surface area contributed by atoms with Crippen LogP contribution in [0, 0.1) is 0 Å². The number of carbonyl (C=O) groups excluding carboxylic acids is 2. The molecule has 0 aliphatic rings. The Kier molecular flexibility index (Phi) is 8.77. The number of aliphatic carboxylic acids is 2. The van der Waals surface area contributed by atoms with Crippen molar-refractivity contribution in [3.8, 4) is 5.75 Å². The molecule has 0 aromatic heterocycles. The van der Waals surface area contributed by atoms with Gasteiger partial charge in [-0.05, 0) is 24.1 Å². The van der Waals surface area contributed by atoms with Gasteiger partial charge in [-0.3, -0.25) is 24.2 Å². The highest BCUT2D eigenvalue weighted by molar-refractivity contribution is 7.46. The SMILES string of the molecule is CC(=O)N[C@@H](Cc1ccc(OP(=O)(O)O)cc1)C(=O)N[C@@H](CCC(=O)O)C(=O)O. The largest absolute Gasteiger partial charge is 0.524 e. The fourth-order valence-corrected chi connectivity index (χ4v) is 2.71. The van der Waals surface area contributed by atoms with Gasteiger partial charge in [0.25, 0.3) is 0 Å². The van der Waals surface area contributed by atoms with Crippen molar-refractivity contribution >= 4 is 31.6 Å². The molecule has 0 aliphatic carbocycles. The van der Waals surface area contributed by atoms with Crippen molar-refractivity contribution in [1.82, 2.24) is 10.6 Å². The number of amides is 2. The number of rotatable bonds is 11. The summed E-state index contributed by atoms with van der Waals surface area (Å²) < 4.78 is 15.2. The zero-order chi connectivity index (χ0) is 22.2. The van der Waals surface area contributed by atoms with Crippen molar-refractivity contribution in [2.75, 3.05) is 0 Å². The summed E-state index contributed by atoms with van der Waals surface area (Å²) in [6.45, 7) is 1.16. The van der Waals surface area contributed by atoms with Crippen LogP contribution in [-0.2, 0) is 30.2 Å². The number of benzene rings is 1. The van der Waals surface area contributed by atoms with Crippen LogP contribution in [0.15, 0.2) is 24.3 Å². The van der Waals surface area contributed by atoms with Crippen LogP contribution in [0.3, 0.4) is 0 Å². The van der Waals surface area contributed by atoms with Crippen LogP contribution >= 0.6 is 7.82 Å². The molecule has 2 amide bonds. The predicted octanol–water partition coefficient (Wildman–Crippen LogP) is -0.360. The Morgan fingerprint density at radius 2 is 1.62 bits per heavy atom. The van der Waals surface area contributed by atoms with E-state index in [1.165, 1.54) is 24.3 Å². The molecule has 0 saturated carbocycles. The van der Waals surface area contributed by atoms with Crippen molar-refractivity contribution in [3.63, 3.8) is 0 Å². The summed E-state index contributed by atoms with van der Waals surface area (Å²) in [7, 11) is -4.72. The predicted molar refractivity (Wildman–Crippen MR) is 96.9 cm³/mol. The summed E-state index contributed by atoms with van der Waals surface area (Å²) in [5.74, 6) is -4.12. The Hall–Kier alpha value is -2.95. The molecule has 2 atom stereocenters. The van der Waals surface area contributed by atoms with Crippen LogP contribution in [0.25, 0.3) is 0 Å². The monoisotopic (exact) mass is 432 g/mol. The molecule has 13 heteroatoms. The standard InChI is InChI=1S/C16H21N2O10P/c1-9(19)17-13(15(22)18-12(16(23)24)6-7-14(20)21)8-10-2-4-11(5-3-10)28-29(25,26)27/h2-5,12-13H,6-8H2,1H3,(H,17,19)(H,18,22)(H,20,21)(H,23,24)(H2,25,26,27)/t12-,13-/m0/s1. The lowest BCUT2D eigenvalue weighted by molar-refractivity contribution is -0.143. The van der Waals surface area contributed by atoms with Crippen LogP contribution < -0.4 is 15.2 Å². The third-order valence-corrected chi connectivity index (χ3v) is 3.99. The van der Waals surface area contributed by atoms with Gasteiger partial charge in [0.1, 0.15) is 17.8 Å². The Labute approximate surface area is 165 Å². The highest BCUT2D eigenvalue weighted by atomic mass is 31.2. The molecule has 0 unspecified atom stereocenters. The lowest BCUT2D eigenvalue weighted by Crippen LogP contribution is -2.52. The van der Waals surface area contributed by atoms with Gasteiger partial charge in [-0.2, -0.15) is 0 Å². The van der Waals surface area contributed by atoms with E-state index in [1.54, 1.807) is 0 Å². The highest BCUT2D eigenvalue weighted by Gasteiger charge is 2.26. The fraction of sp³-hybridized carbons (Fsp3) is 0.375. The van der Waals surface area contributed by atoms with Crippen LogP contribution in [0.2, 0.25) is 0 Å². The number of nitrogens with one attached hydrogen (secondary N) is 2. The van der Waals surface area contributed by atoms with E-state index in [0.717, 1.165) is 6.92 Å². The van der Waals surface area contributed by atoms with Gasteiger partial charge in [0.05, 0.1) is 0 Å². The van der Waals surface area contributed by atoms with E-state index in [9.17, 15) is 23.7 Å². The van der Waals surface area contributed by atoms with Crippen LogP contribution in [0.5, 0.6) is 5.75 Å². The zero-order valence-electron chi connectivity index (χ0n) is 15.3. The third kappa shape index (κ3) is 9.70. The quantitative estimate of drug-likeness (QED) is 0.251. The minimum Gasteiger partial charge on any atom is -0.481 e. The molecule has 0 aliphatic heterocycles. The van der Waals surface area contributed by atoms with Crippen molar-refractivity contribution in [2.24, 2.45) is 0 Å². The average Bonchev–Trinajstić information content (AvgIpc) is 2.57. The summed E-state index contributed by atoms with van der Waals surface area (Å²) in [6.07, 6.45) is -0.867. The summed E-state index contributed by atoms with van der Waals surface area (Å²) in [6, 6.07) is 2.72. The Morgan fingerprint density at radius 1 is 1.03 bits per heavy atom. The third-order valence-electron chi connectivity index (χ3n) is 3.54. The normalized spacial score (nSPS) is 13.1. The van der Waals surface area contributed by atoms with Crippen molar-refractivity contribution in [1.29, 1.82) is 0 Å². The number of hydrogen-bond donors (Lipinski definition) is 6. The molecule has 29 heavy (non-hydrogen) atoms. The maximum absolute atomic E-state index is 12.4. The van der Waals surface area contributed by atoms with E-state index in [4.69, 9.17) is 20.0 Å². The summed E-state index contributed by atoms with van der Waals surface area (Å²) in [5.41, 5.74) is 0.481. The Balaban J connectivity index is 2.88. The summed E-state index contributed by atoms with van der Waals surface area (Å²) in [4.78, 5) is 63.2. The van der Waals surface area contributed by atoms with Crippen molar-refractivity contribution in [3.05, 3.63) is 29.8 Å².